The van der Waals surface area contributed by atoms with Crippen LogP contribution in [0.1, 0.15) is 36.9 Å². The second-order valence-corrected chi connectivity index (χ2v) is 7.93. The van der Waals surface area contributed by atoms with Crippen molar-refractivity contribution in [2.45, 2.75) is 25.8 Å². The molecule has 1 saturated heterocycles. The summed E-state index contributed by atoms with van der Waals surface area (Å²) in [7, 11) is 3.94. The largest absolute Gasteiger partial charge is 0.507 e. The fourth-order valence-electron chi connectivity index (χ4n) is 3.73. The number of hydrogen-bond acceptors (Lipinski definition) is 5. The number of likely N-dealkylation sites (tertiary alicyclic amines) is 1. The predicted octanol–water partition coefficient (Wildman–Crippen LogP) is 3.85. The number of nitrogens with zero attached hydrogens (tertiary/aromatic N) is 2. The van der Waals surface area contributed by atoms with Crippen LogP contribution in [0.15, 0.2) is 60.2 Å². The van der Waals surface area contributed by atoms with Crippen LogP contribution in [-0.2, 0) is 9.59 Å². The summed E-state index contributed by atoms with van der Waals surface area (Å²) in [6, 6.07) is 15.7. The molecule has 31 heavy (non-hydrogen) atoms. The lowest BCUT2D eigenvalue weighted by Gasteiger charge is -2.26. The van der Waals surface area contributed by atoms with E-state index in [1.807, 2.05) is 56.3 Å². The van der Waals surface area contributed by atoms with E-state index in [2.05, 4.69) is 0 Å². The fraction of sp³-hybridized carbons (Fsp3) is 0.360. The van der Waals surface area contributed by atoms with Gasteiger partial charge in [-0.2, -0.15) is 0 Å². The van der Waals surface area contributed by atoms with Crippen molar-refractivity contribution >= 4 is 17.4 Å². The quantitative estimate of drug-likeness (QED) is 0.378. The molecule has 0 aromatic heterocycles. The monoisotopic (exact) mass is 422 g/mol. The number of benzene rings is 2. The summed E-state index contributed by atoms with van der Waals surface area (Å²) in [6.07, 6.45) is 1.63. The highest BCUT2D eigenvalue weighted by atomic mass is 16.5. The number of rotatable bonds is 9. The second-order valence-electron chi connectivity index (χ2n) is 7.93. The van der Waals surface area contributed by atoms with E-state index >= 15 is 0 Å². The Labute approximate surface area is 183 Å². The van der Waals surface area contributed by atoms with E-state index in [1.54, 1.807) is 29.2 Å². The maximum atomic E-state index is 13.0. The van der Waals surface area contributed by atoms with Crippen LogP contribution in [0.2, 0.25) is 0 Å². The van der Waals surface area contributed by atoms with Crippen LogP contribution in [0.5, 0.6) is 5.75 Å². The molecular weight excluding hydrogens is 392 g/mol. The highest BCUT2D eigenvalue weighted by Gasteiger charge is 2.45. The van der Waals surface area contributed by atoms with Gasteiger partial charge in [-0.25, -0.2) is 0 Å². The Morgan fingerprint density at radius 2 is 1.74 bits per heavy atom. The normalized spacial score (nSPS) is 18.1. The van der Waals surface area contributed by atoms with Crippen LogP contribution >= 0.6 is 0 Å². The first kappa shape index (κ1) is 22.6. The summed E-state index contributed by atoms with van der Waals surface area (Å²) in [5.41, 5.74) is 1.41. The molecule has 164 valence electrons. The summed E-state index contributed by atoms with van der Waals surface area (Å²) in [6.45, 7) is 3.87. The molecule has 1 aliphatic heterocycles. The molecule has 1 N–H and O–H groups in total. The maximum Gasteiger partial charge on any atom is 0.295 e. The topological polar surface area (TPSA) is 70.1 Å². The maximum absolute atomic E-state index is 13.0. The van der Waals surface area contributed by atoms with Crippen molar-refractivity contribution in [3.05, 3.63) is 71.3 Å². The van der Waals surface area contributed by atoms with Crippen molar-refractivity contribution in [2.24, 2.45) is 0 Å². The first-order chi connectivity index (χ1) is 14.9. The molecule has 0 spiro atoms. The molecule has 6 nitrogen and oxygen atoms in total. The summed E-state index contributed by atoms with van der Waals surface area (Å²) in [5, 5.41) is 11.1. The Morgan fingerprint density at radius 1 is 1.06 bits per heavy atom. The predicted molar refractivity (Wildman–Crippen MR) is 121 cm³/mol. The Kier molecular flexibility index (Phi) is 7.47. The zero-order valence-corrected chi connectivity index (χ0v) is 18.4. The third kappa shape index (κ3) is 5.14. The van der Waals surface area contributed by atoms with E-state index in [4.69, 9.17) is 4.74 Å². The van der Waals surface area contributed by atoms with Gasteiger partial charge in [0.25, 0.3) is 11.7 Å². The number of hydrogen-bond donors (Lipinski definition) is 1. The van der Waals surface area contributed by atoms with Crippen LogP contribution in [0.4, 0.5) is 0 Å². The molecule has 1 amide bonds. The summed E-state index contributed by atoms with van der Waals surface area (Å²) in [5.74, 6) is -0.689. The molecule has 3 rings (SSSR count). The van der Waals surface area contributed by atoms with E-state index in [0.717, 1.165) is 24.9 Å². The fourth-order valence-corrected chi connectivity index (χ4v) is 3.73. The Balaban J connectivity index is 1.99. The lowest BCUT2D eigenvalue weighted by molar-refractivity contribution is -0.139. The molecule has 2 aromatic rings. The lowest BCUT2D eigenvalue weighted by atomic mass is 9.95. The van der Waals surface area contributed by atoms with Gasteiger partial charge in [0.1, 0.15) is 11.5 Å². The highest BCUT2D eigenvalue weighted by molar-refractivity contribution is 6.46. The van der Waals surface area contributed by atoms with Crippen molar-refractivity contribution in [1.82, 2.24) is 9.80 Å². The first-order valence-electron chi connectivity index (χ1n) is 10.6. The minimum absolute atomic E-state index is 0.128. The molecule has 1 fully saturated rings. The zero-order chi connectivity index (χ0) is 22.4. The van der Waals surface area contributed by atoms with Gasteiger partial charge in [-0.1, -0.05) is 37.3 Å². The molecule has 2 aromatic carbocycles. The molecule has 1 aliphatic rings. The number of ketones is 1. The standard InChI is InChI=1S/C25H30N2O4/c1-4-17-31-20-13-11-19(12-14-20)23(28)21-22(18-9-6-5-7-10-18)27(25(30)24(21)29)16-8-15-26(2)3/h5-7,9-14,22,28H,4,8,15-17H2,1-3H3/t22-/m0/s1. The summed E-state index contributed by atoms with van der Waals surface area (Å²) in [4.78, 5) is 29.5. The van der Waals surface area contributed by atoms with Gasteiger partial charge in [0.15, 0.2) is 0 Å². The van der Waals surface area contributed by atoms with Crippen LogP contribution in [0.3, 0.4) is 0 Å². The average molecular weight is 423 g/mol. The van der Waals surface area contributed by atoms with E-state index in [1.165, 1.54) is 0 Å². The molecule has 0 unspecified atom stereocenters. The second kappa shape index (κ2) is 10.3. The third-order valence-electron chi connectivity index (χ3n) is 5.26. The first-order valence-corrected chi connectivity index (χ1v) is 10.6. The van der Waals surface area contributed by atoms with Gasteiger partial charge >= 0.3 is 0 Å². The minimum Gasteiger partial charge on any atom is -0.507 e. The van der Waals surface area contributed by atoms with Crippen molar-refractivity contribution in [2.75, 3.05) is 33.8 Å². The molecule has 6 heteroatoms. The number of Topliss-reactive ketones (excluding diaryl/α,β-unsaturated/α-hetero) is 1. The Hall–Kier alpha value is -3.12. The van der Waals surface area contributed by atoms with E-state index < -0.39 is 17.7 Å². The number of aliphatic hydroxyl groups excluding tert-OH is 1. The van der Waals surface area contributed by atoms with Crippen molar-refractivity contribution in [1.29, 1.82) is 0 Å². The zero-order valence-electron chi connectivity index (χ0n) is 18.4. The number of amides is 1. The Bertz CT molecular complexity index is 936. The van der Waals surface area contributed by atoms with Gasteiger partial charge in [-0.15, -0.1) is 0 Å². The molecular formula is C25H30N2O4. The average Bonchev–Trinajstić information content (AvgIpc) is 3.03. The molecule has 0 saturated carbocycles. The van der Waals surface area contributed by atoms with E-state index in [-0.39, 0.29) is 11.3 Å². The van der Waals surface area contributed by atoms with Crippen molar-refractivity contribution in [3.63, 3.8) is 0 Å². The molecule has 0 bridgehead atoms. The van der Waals surface area contributed by atoms with Gasteiger partial charge in [-0.05, 0) is 63.3 Å². The van der Waals surface area contributed by atoms with Gasteiger partial charge < -0.3 is 19.6 Å². The van der Waals surface area contributed by atoms with Gasteiger partial charge in [0, 0.05) is 12.1 Å². The summed E-state index contributed by atoms with van der Waals surface area (Å²) < 4.78 is 5.59. The van der Waals surface area contributed by atoms with Gasteiger partial charge in [0.05, 0.1) is 18.2 Å². The van der Waals surface area contributed by atoms with Crippen LogP contribution in [0, 0.1) is 0 Å². The highest BCUT2D eigenvalue weighted by Crippen LogP contribution is 2.39. The van der Waals surface area contributed by atoms with Gasteiger partial charge in [0.2, 0.25) is 0 Å². The van der Waals surface area contributed by atoms with Crippen LogP contribution in [0.25, 0.3) is 5.76 Å². The number of ether oxygens (including phenoxy) is 1. The minimum atomic E-state index is -0.650. The van der Waals surface area contributed by atoms with Crippen molar-refractivity contribution in [3.8, 4) is 5.75 Å². The number of carbonyl (C=O) groups is 2. The Morgan fingerprint density at radius 3 is 2.35 bits per heavy atom. The van der Waals surface area contributed by atoms with E-state index in [9.17, 15) is 14.7 Å². The summed E-state index contributed by atoms with van der Waals surface area (Å²) >= 11 is 0. The molecule has 0 radical (unpaired) electrons. The SMILES string of the molecule is CCCOc1ccc(C(O)=C2C(=O)C(=O)N(CCCN(C)C)[C@H]2c2ccccc2)cc1. The molecule has 1 heterocycles. The lowest BCUT2D eigenvalue weighted by Crippen LogP contribution is -2.32. The molecule has 1 atom stereocenters. The van der Waals surface area contributed by atoms with E-state index in [0.29, 0.717) is 24.5 Å². The third-order valence-corrected chi connectivity index (χ3v) is 5.26. The molecule has 0 aliphatic carbocycles. The van der Waals surface area contributed by atoms with Crippen LogP contribution < -0.4 is 4.74 Å². The van der Waals surface area contributed by atoms with Crippen LogP contribution in [-0.4, -0.2) is 60.4 Å². The number of aliphatic hydroxyl groups is 1. The smallest absolute Gasteiger partial charge is 0.295 e. The van der Waals surface area contributed by atoms with Gasteiger partial charge in [-0.3, -0.25) is 9.59 Å². The number of carbonyl (C=O) groups excluding carboxylic acids is 2. The van der Waals surface area contributed by atoms with Crippen molar-refractivity contribution < 1.29 is 19.4 Å².